The molecule has 0 radical (unpaired) electrons. The van der Waals surface area contributed by atoms with Crippen molar-refractivity contribution in [1.82, 2.24) is 4.90 Å². The molecule has 1 N–H and O–H groups in total. The Morgan fingerprint density at radius 1 is 1.24 bits per heavy atom. The van der Waals surface area contributed by atoms with Gasteiger partial charge in [-0.05, 0) is 12.8 Å². The zero-order valence-corrected chi connectivity index (χ0v) is 10.3. The van der Waals surface area contributed by atoms with Crippen molar-refractivity contribution in [2.24, 2.45) is 0 Å². The average Bonchev–Trinajstić information content (AvgIpc) is 2.13. The van der Waals surface area contributed by atoms with Crippen LogP contribution in [0.5, 0.6) is 0 Å². The van der Waals surface area contributed by atoms with Crippen LogP contribution in [0.15, 0.2) is 0 Å². The third kappa shape index (κ3) is 8.01. The lowest BCUT2D eigenvalue weighted by atomic mass is 10.0. The number of hydrogen-bond donors (Lipinski definition) is 1. The Hall–Kier alpha value is -0.780. The van der Waals surface area contributed by atoms with Crippen molar-refractivity contribution >= 4 is 5.97 Å². The monoisotopic (exact) mass is 255 g/mol. The summed E-state index contributed by atoms with van der Waals surface area (Å²) in [5.41, 5.74) is 0. The molecule has 0 aromatic carbocycles. The van der Waals surface area contributed by atoms with E-state index in [4.69, 9.17) is 5.11 Å². The largest absolute Gasteiger partial charge is 0.480 e. The fourth-order valence-corrected chi connectivity index (χ4v) is 1.89. The van der Waals surface area contributed by atoms with Crippen molar-refractivity contribution in [2.75, 3.05) is 13.1 Å². The van der Waals surface area contributed by atoms with Crippen molar-refractivity contribution in [3.8, 4) is 0 Å². The maximum absolute atomic E-state index is 12.4. The number of carboxylic acid groups (broad SMARTS) is 1. The van der Waals surface area contributed by atoms with Crippen LogP contribution in [0.25, 0.3) is 0 Å². The third-order valence-corrected chi connectivity index (χ3v) is 2.48. The molecule has 0 spiro atoms. The molecule has 0 aliphatic heterocycles. The van der Waals surface area contributed by atoms with E-state index in [0.29, 0.717) is 12.8 Å². The number of halogens is 3. The number of alkyl halides is 3. The Morgan fingerprint density at radius 3 is 2.00 bits per heavy atom. The third-order valence-electron chi connectivity index (χ3n) is 2.48. The molecule has 0 fully saturated rings. The van der Waals surface area contributed by atoms with Gasteiger partial charge in [-0.2, -0.15) is 13.2 Å². The maximum atomic E-state index is 12.4. The number of aliphatic carboxylic acids is 1. The summed E-state index contributed by atoms with van der Waals surface area (Å²) in [7, 11) is 0. The van der Waals surface area contributed by atoms with Gasteiger partial charge in [-0.3, -0.25) is 9.69 Å². The van der Waals surface area contributed by atoms with Crippen molar-refractivity contribution in [3.63, 3.8) is 0 Å². The molecule has 0 bridgehead atoms. The average molecular weight is 255 g/mol. The quantitative estimate of drug-likeness (QED) is 0.725. The van der Waals surface area contributed by atoms with Gasteiger partial charge in [0.05, 0.1) is 13.1 Å². The van der Waals surface area contributed by atoms with Crippen LogP contribution in [0.2, 0.25) is 0 Å². The van der Waals surface area contributed by atoms with E-state index < -0.39 is 25.2 Å². The number of carbonyl (C=O) groups is 1. The molecule has 0 rings (SSSR count). The van der Waals surface area contributed by atoms with E-state index in [0.717, 1.165) is 17.7 Å². The maximum Gasteiger partial charge on any atom is 0.401 e. The number of nitrogens with zero attached hydrogens (tertiary/aromatic N) is 1. The number of carboxylic acids is 1. The van der Waals surface area contributed by atoms with E-state index in [1.807, 2.05) is 13.8 Å². The first kappa shape index (κ1) is 16.2. The molecule has 3 nitrogen and oxygen atoms in total. The Morgan fingerprint density at radius 2 is 1.71 bits per heavy atom. The van der Waals surface area contributed by atoms with E-state index in [1.165, 1.54) is 0 Å². The van der Waals surface area contributed by atoms with E-state index in [1.54, 1.807) is 0 Å². The van der Waals surface area contributed by atoms with Crippen molar-refractivity contribution in [2.45, 2.75) is 51.7 Å². The van der Waals surface area contributed by atoms with E-state index in [9.17, 15) is 18.0 Å². The minimum absolute atomic E-state index is 0.303. The summed E-state index contributed by atoms with van der Waals surface area (Å²) in [5.74, 6) is -1.22. The van der Waals surface area contributed by atoms with Crippen LogP contribution in [0, 0.1) is 0 Å². The highest BCUT2D eigenvalue weighted by atomic mass is 19.4. The van der Waals surface area contributed by atoms with Gasteiger partial charge in [-0.15, -0.1) is 0 Å². The number of rotatable bonds is 8. The van der Waals surface area contributed by atoms with E-state index in [2.05, 4.69) is 0 Å². The molecular formula is C11H20F3NO2. The second-order valence-electron chi connectivity index (χ2n) is 4.15. The summed E-state index contributed by atoms with van der Waals surface area (Å²) < 4.78 is 37.1. The van der Waals surface area contributed by atoms with Gasteiger partial charge in [0.25, 0.3) is 0 Å². The van der Waals surface area contributed by atoms with Gasteiger partial charge in [-0.1, -0.05) is 26.7 Å². The van der Waals surface area contributed by atoms with Gasteiger partial charge in [-0.25, -0.2) is 0 Å². The highest BCUT2D eigenvalue weighted by Gasteiger charge is 2.34. The topological polar surface area (TPSA) is 40.5 Å². The fourth-order valence-electron chi connectivity index (χ4n) is 1.89. The SMILES string of the molecule is CCCC(CCC)N(CC(=O)O)CC(F)(F)F. The Kier molecular flexibility index (Phi) is 7.18. The zero-order valence-electron chi connectivity index (χ0n) is 10.3. The van der Waals surface area contributed by atoms with Gasteiger partial charge in [0.15, 0.2) is 0 Å². The summed E-state index contributed by atoms with van der Waals surface area (Å²) in [6.07, 6.45) is -1.67. The van der Waals surface area contributed by atoms with Crippen LogP contribution in [0.3, 0.4) is 0 Å². The predicted octanol–water partition coefficient (Wildman–Crippen LogP) is 2.90. The minimum atomic E-state index is -4.35. The lowest BCUT2D eigenvalue weighted by Crippen LogP contribution is -2.44. The van der Waals surface area contributed by atoms with Crippen LogP contribution < -0.4 is 0 Å². The molecule has 102 valence electrons. The van der Waals surface area contributed by atoms with Crippen molar-refractivity contribution < 1.29 is 23.1 Å². The smallest absolute Gasteiger partial charge is 0.401 e. The Bertz CT molecular complexity index is 225. The summed E-state index contributed by atoms with van der Waals surface area (Å²) in [6.45, 7) is 2.07. The van der Waals surface area contributed by atoms with Crippen LogP contribution in [-0.4, -0.2) is 41.3 Å². The molecule has 0 aromatic heterocycles. The molecule has 0 aliphatic rings. The molecule has 0 unspecified atom stereocenters. The van der Waals surface area contributed by atoms with Gasteiger partial charge in [0, 0.05) is 6.04 Å². The molecule has 0 saturated carbocycles. The molecule has 6 heteroatoms. The Labute approximate surface area is 99.6 Å². The lowest BCUT2D eigenvalue weighted by molar-refractivity contribution is -0.158. The summed E-state index contributed by atoms with van der Waals surface area (Å²) in [5, 5.41) is 8.66. The highest BCUT2D eigenvalue weighted by molar-refractivity contribution is 5.69. The van der Waals surface area contributed by atoms with Gasteiger partial charge in [0.1, 0.15) is 0 Å². The van der Waals surface area contributed by atoms with Crippen LogP contribution in [0.4, 0.5) is 13.2 Å². The molecule has 17 heavy (non-hydrogen) atoms. The standard InChI is InChI=1S/C11H20F3NO2/c1-3-5-9(6-4-2)15(7-10(16)17)8-11(12,13)14/h9H,3-8H2,1-2H3,(H,16,17). The molecule has 0 aliphatic carbocycles. The summed E-state index contributed by atoms with van der Waals surface area (Å²) in [4.78, 5) is 11.6. The summed E-state index contributed by atoms with van der Waals surface area (Å²) >= 11 is 0. The normalized spacial score (nSPS) is 12.4. The molecule has 0 atom stereocenters. The van der Waals surface area contributed by atoms with Gasteiger partial charge < -0.3 is 5.11 Å². The van der Waals surface area contributed by atoms with E-state index >= 15 is 0 Å². The molecule has 0 aromatic rings. The molecular weight excluding hydrogens is 235 g/mol. The highest BCUT2D eigenvalue weighted by Crippen LogP contribution is 2.21. The van der Waals surface area contributed by atoms with Crippen molar-refractivity contribution in [1.29, 1.82) is 0 Å². The first-order valence-electron chi connectivity index (χ1n) is 5.82. The summed E-state index contributed by atoms with van der Waals surface area (Å²) in [6, 6.07) is -0.303. The van der Waals surface area contributed by atoms with Crippen molar-refractivity contribution in [3.05, 3.63) is 0 Å². The minimum Gasteiger partial charge on any atom is -0.480 e. The Balaban J connectivity index is 4.65. The molecule has 0 amide bonds. The van der Waals surface area contributed by atoms with E-state index in [-0.39, 0.29) is 6.04 Å². The molecule has 0 heterocycles. The number of hydrogen-bond acceptors (Lipinski definition) is 2. The van der Waals surface area contributed by atoms with Gasteiger partial charge in [0.2, 0.25) is 0 Å². The molecule has 0 saturated heterocycles. The fraction of sp³-hybridized carbons (Fsp3) is 0.909. The van der Waals surface area contributed by atoms with Gasteiger partial charge >= 0.3 is 12.1 Å². The lowest BCUT2D eigenvalue weighted by Gasteiger charge is -2.30. The van der Waals surface area contributed by atoms with Crippen LogP contribution in [-0.2, 0) is 4.79 Å². The predicted molar refractivity (Wildman–Crippen MR) is 58.9 cm³/mol. The second kappa shape index (κ2) is 7.53. The van der Waals surface area contributed by atoms with Crippen LogP contribution in [0.1, 0.15) is 39.5 Å². The second-order valence-corrected chi connectivity index (χ2v) is 4.15. The first-order valence-corrected chi connectivity index (χ1v) is 5.82. The van der Waals surface area contributed by atoms with Crippen LogP contribution >= 0.6 is 0 Å². The first-order chi connectivity index (χ1) is 7.80. The zero-order chi connectivity index (χ0) is 13.5.